The van der Waals surface area contributed by atoms with Gasteiger partial charge >= 0.3 is 0 Å². The van der Waals surface area contributed by atoms with Crippen LogP contribution in [-0.4, -0.2) is 123 Å². The molecule has 0 rings (SSSR count). The van der Waals surface area contributed by atoms with Crippen LogP contribution in [0.4, 0.5) is 0 Å². The first-order chi connectivity index (χ1) is 63.0. The Hall–Kier alpha value is 0.430. The van der Waals surface area contributed by atoms with E-state index in [1.54, 1.807) is 0 Å². The fourth-order valence-electron chi connectivity index (χ4n) is 20.6. The highest BCUT2D eigenvalue weighted by Crippen LogP contribution is 2.26. The van der Waals surface area contributed by atoms with Gasteiger partial charge in [0.05, 0.1) is 105 Å². The van der Waals surface area contributed by atoms with E-state index in [2.05, 4.69) is 111 Å². The van der Waals surface area contributed by atoms with Crippen LogP contribution in [0.1, 0.15) is 676 Å². The van der Waals surface area contributed by atoms with Gasteiger partial charge in [-0.2, -0.15) is 7.82 Å². The molecule has 0 aromatic rings. The van der Waals surface area contributed by atoms with Crippen molar-refractivity contribution < 1.29 is 54.2 Å². The molecular formula is C120H256BrN4O4P. The summed E-state index contributed by atoms with van der Waals surface area (Å²) in [5.74, 6) is 0. The quantitative estimate of drug-likeness (QED) is 0.0345. The normalized spacial score (nSPS) is 11.9. The summed E-state index contributed by atoms with van der Waals surface area (Å²) in [5, 5.41) is 0. The third kappa shape index (κ3) is 112. The molecular weight excluding hydrogens is 1670 g/mol. The van der Waals surface area contributed by atoms with E-state index in [4.69, 9.17) is 19.2 Å². The second-order valence-electron chi connectivity index (χ2n) is 42.8. The first kappa shape index (κ1) is 141. The molecule has 0 aliphatic heterocycles. The van der Waals surface area contributed by atoms with Crippen LogP contribution in [0.25, 0.3) is 0 Å². The topological polar surface area (TPSA) is 86.2 Å². The molecule has 0 fully saturated rings. The Labute approximate surface area is 837 Å². The second kappa shape index (κ2) is 118. The molecule has 792 valence electrons. The van der Waals surface area contributed by atoms with Crippen molar-refractivity contribution in [3.8, 4) is 0 Å². The van der Waals surface area contributed by atoms with Crippen molar-refractivity contribution in [2.45, 2.75) is 676 Å². The smallest absolute Gasteiger partial charge is 0.0786 e. The SMILES string of the molecule is CCCCCCCCCCCCCCCCCC[N+](CCCCCCCCCCCCCCCCCC)(CCCCCCCCCCCCCCCCCC)CCCCCCCCCCCCCCCCCC.CCCC[N+](CCCC)(CCCC)CCCC.CCCC[N+](CCCC)(CCCC)CCCC.CCCC[N+](CCCC)(CCCC)CCCC.O=P([O-])([O-])[O-].[Br-]. The molecule has 0 aliphatic rings. The fourth-order valence-corrected chi connectivity index (χ4v) is 20.6. The summed E-state index contributed by atoms with van der Waals surface area (Å²) >= 11 is 0. The molecule has 10 heteroatoms. The van der Waals surface area contributed by atoms with Crippen LogP contribution < -0.4 is 31.7 Å². The molecule has 0 atom stereocenters. The van der Waals surface area contributed by atoms with Gasteiger partial charge in [-0.1, -0.05) is 547 Å². The lowest BCUT2D eigenvalue weighted by Gasteiger charge is -2.40. The molecule has 0 saturated carbocycles. The number of quaternary nitrogens is 4. The predicted molar refractivity (Wildman–Crippen MR) is 584 cm³/mol. The van der Waals surface area contributed by atoms with Gasteiger partial charge in [0.1, 0.15) is 0 Å². The highest BCUT2D eigenvalue weighted by molar-refractivity contribution is 7.40. The lowest BCUT2D eigenvalue weighted by Crippen LogP contribution is -3.00. The molecule has 8 nitrogen and oxygen atoms in total. The summed E-state index contributed by atoms with van der Waals surface area (Å²) in [6, 6.07) is 0. The molecule has 0 saturated heterocycles. The number of rotatable bonds is 104. The lowest BCUT2D eigenvalue weighted by atomic mass is 10.0. The van der Waals surface area contributed by atoms with E-state index in [1.165, 1.54) is 688 Å². The van der Waals surface area contributed by atoms with Gasteiger partial charge in [0.2, 0.25) is 0 Å². The van der Waals surface area contributed by atoms with Crippen molar-refractivity contribution in [3.05, 3.63) is 0 Å². The predicted octanol–water partition coefficient (Wildman–Crippen LogP) is 36.0. The van der Waals surface area contributed by atoms with Gasteiger partial charge in [0.25, 0.3) is 0 Å². The number of hydrogen-bond acceptors (Lipinski definition) is 4. The molecule has 0 N–H and O–H groups in total. The van der Waals surface area contributed by atoms with E-state index >= 15 is 0 Å². The van der Waals surface area contributed by atoms with Crippen LogP contribution in [-0.2, 0) is 4.57 Å². The number of phosphoric acid groups is 1. The van der Waals surface area contributed by atoms with Gasteiger partial charge in [0, 0.05) is 0 Å². The summed E-state index contributed by atoms with van der Waals surface area (Å²) in [6.45, 7) is 60.4. The van der Waals surface area contributed by atoms with Crippen LogP contribution in [0.5, 0.6) is 0 Å². The average Bonchev–Trinajstić information content (AvgIpc) is 0.865. The molecule has 0 spiro atoms. The maximum Gasteiger partial charge on any atom is 0.0786 e. The minimum Gasteiger partial charge on any atom is -1.00 e. The largest absolute Gasteiger partial charge is 1.00 e. The second-order valence-corrected chi connectivity index (χ2v) is 43.7. The Morgan fingerprint density at radius 2 is 0.169 bits per heavy atom. The van der Waals surface area contributed by atoms with Crippen molar-refractivity contribution in [2.24, 2.45) is 0 Å². The van der Waals surface area contributed by atoms with Crippen LogP contribution in [0, 0.1) is 0 Å². The van der Waals surface area contributed by atoms with Gasteiger partial charge in [-0.3, -0.25) is 0 Å². The minimum absolute atomic E-state index is 0. The molecule has 130 heavy (non-hydrogen) atoms. The van der Waals surface area contributed by atoms with Gasteiger partial charge in [-0.05, 0) is 128 Å². The molecule has 0 aromatic heterocycles. The Bertz CT molecular complexity index is 1650. The van der Waals surface area contributed by atoms with Gasteiger partial charge in [0.15, 0.2) is 0 Å². The van der Waals surface area contributed by atoms with E-state index in [9.17, 15) is 0 Å². The molecule has 0 aromatic carbocycles. The zero-order valence-electron chi connectivity index (χ0n) is 93.8. The van der Waals surface area contributed by atoms with Gasteiger partial charge in [-0.25, -0.2) is 0 Å². The van der Waals surface area contributed by atoms with E-state index in [0.29, 0.717) is 0 Å². The van der Waals surface area contributed by atoms with Gasteiger partial charge in [-0.15, -0.1) is 0 Å². The van der Waals surface area contributed by atoms with E-state index in [-0.39, 0.29) is 17.0 Å². The number of halogens is 1. The lowest BCUT2D eigenvalue weighted by molar-refractivity contribution is -0.929. The van der Waals surface area contributed by atoms with Crippen LogP contribution >= 0.6 is 7.82 Å². The van der Waals surface area contributed by atoms with E-state index in [0.717, 1.165) is 0 Å². The summed E-state index contributed by atoms with van der Waals surface area (Å²) in [4.78, 5) is 25.6. The zero-order chi connectivity index (χ0) is 96.0. The Kier molecular flexibility index (Phi) is 128. The average molecular weight is 1930 g/mol. The highest BCUT2D eigenvalue weighted by Gasteiger charge is 2.29. The minimum atomic E-state index is -5.39. The number of nitrogens with zero attached hydrogens (tertiary/aromatic N) is 4. The van der Waals surface area contributed by atoms with Crippen molar-refractivity contribution in [3.63, 3.8) is 0 Å². The van der Waals surface area contributed by atoms with Crippen molar-refractivity contribution in [1.29, 1.82) is 0 Å². The van der Waals surface area contributed by atoms with Crippen LogP contribution in [0.15, 0.2) is 0 Å². The maximum atomic E-state index is 8.55. The fraction of sp³-hybridized carbons (Fsp3) is 1.00. The molecule has 0 bridgehead atoms. The summed E-state index contributed by atoms with van der Waals surface area (Å²) in [5.41, 5.74) is 0. The van der Waals surface area contributed by atoms with Crippen LogP contribution in [0.2, 0.25) is 0 Å². The standard InChI is InChI=1S/C72H148N.3C16H36N.BrH.H3O4P/c1-5-9-13-17-21-25-29-33-37-41-45-49-53-57-61-65-69-73(70-66-62-58-54-50-46-42-38-34-30-26-22-18-14-10-6-2,71-67-63-59-55-51-47-43-39-35-31-27-23-19-15-11-7-3)72-68-64-60-56-52-48-44-40-36-32-28-24-20-16-12-8-4;3*1-5-9-13-17(14-10-6-2,15-11-7-3)16-12-8-4;;1-5(2,3)4/h5-72H2,1-4H3;3*5-16H2,1-4H3;1H;(H3,1,2,3,4)/q4*+1;;/p-4. The van der Waals surface area contributed by atoms with E-state index in [1.807, 2.05) is 0 Å². The Balaban J connectivity index is -0.000000533. The Morgan fingerprint density at radius 3 is 0.238 bits per heavy atom. The molecule has 0 unspecified atom stereocenters. The van der Waals surface area contributed by atoms with Crippen LogP contribution in [0.3, 0.4) is 0 Å². The monoisotopic (exact) mass is 1930 g/mol. The number of unbranched alkanes of at least 4 members (excludes halogenated alkanes) is 72. The summed E-state index contributed by atoms with van der Waals surface area (Å²) < 4.78 is 14.3. The van der Waals surface area contributed by atoms with E-state index < -0.39 is 7.82 Å². The first-order valence-corrected chi connectivity index (χ1v) is 62.6. The maximum absolute atomic E-state index is 8.55. The Morgan fingerprint density at radius 1 is 0.115 bits per heavy atom. The molecule has 0 radical (unpaired) electrons. The molecule has 0 amide bonds. The summed E-state index contributed by atoms with van der Waals surface area (Å²) in [6.07, 6.45) is 128. The van der Waals surface area contributed by atoms with Crippen molar-refractivity contribution in [2.75, 3.05) is 105 Å². The number of hydrogen-bond donors (Lipinski definition) is 0. The molecule has 0 heterocycles. The zero-order valence-corrected chi connectivity index (χ0v) is 96.3. The third-order valence-corrected chi connectivity index (χ3v) is 29.8. The molecule has 0 aliphatic carbocycles. The van der Waals surface area contributed by atoms with Gasteiger partial charge < -0.3 is 54.2 Å². The third-order valence-electron chi connectivity index (χ3n) is 29.8. The van der Waals surface area contributed by atoms with Crippen molar-refractivity contribution in [1.82, 2.24) is 0 Å². The highest BCUT2D eigenvalue weighted by atomic mass is 79.9. The van der Waals surface area contributed by atoms with Crippen molar-refractivity contribution >= 4 is 7.82 Å². The summed E-state index contributed by atoms with van der Waals surface area (Å²) in [7, 11) is -5.39. The first-order valence-electron chi connectivity index (χ1n) is 61.1.